The summed E-state index contributed by atoms with van der Waals surface area (Å²) in [5.41, 5.74) is 6.94. The zero-order valence-corrected chi connectivity index (χ0v) is 16.4. The highest BCUT2D eigenvalue weighted by Gasteiger charge is 2.43. The number of ketones is 1. The van der Waals surface area contributed by atoms with Crippen LogP contribution in [0.15, 0.2) is 71.3 Å². The molecule has 0 saturated heterocycles. The van der Waals surface area contributed by atoms with Crippen molar-refractivity contribution in [2.45, 2.75) is 24.7 Å². The van der Waals surface area contributed by atoms with Crippen molar-refractivity contribution in [2.75, 3.05) is 0 Å². The largest absolute Gasteiger partial charge is 0.444 e. The first-order valence-electron chi connectivity index (χ1n) is 9.24. The van der Waals surface area contributed by atoms with Crippen molar-refractivity contribution in [2.24, 2.45) is 5.73 Å². The Hall–Kier alpha value is -3.63. The highest BCUT2D eigenvalue weighted by atomic mass is 35.5. The van der Waals surface area contributed by atoms with Crippen molar-refractivity contribution < 1.29 is 14.5 Å². The number of Topliss-reactive ketones (excluding diaryl/α,β-unsaturated/α-hetero) is 1. The number of carbonyl (C=O) groups excluding carboxylic acids is 1. The maximum Gasteiger partial charge on any atom is 0.275 e. The number of nitro benzene ring substituents is 1. The van der Waals surface area contributed by atoms with E-state index in [1.54, 1.807) is 0 Å². The molecule has 2 aromatic rings. The van der Waals surface area contributed by atoms with Crippen LogP contribution in [0.25, 0.3) is 0 Å². The van der Waals surface area contributed by atoms with Crippen LogP contribution in [-0.2, 0) is 9.53 Å². The van der Waals surface area contributed by atoms with Crippen LogP contribution >= 0.6 is 11.6 Å². The molecule has 0 unspecified atom stereocenters. The summed E-state index contributed by atoms with van der Waals surface area (Å²) < 4.78 is 5.69. The van der Waals surface area contributed by atoms with Crippen molar-refractivity contribution >= 4 is 23.1 Å². The van der Waals surface area contributed by atoms with Crippen LogP contribution in [-0.4, -0.2) is 10.7 Å². The van der Waals surface area contributed by atoms with E-state index < -0.39 is 10.8 Å². The van der Waals surface area contributed by atoms with Crippen LogP contribution in [0.3, 0.4) is 0 Å². The zero-order valence-electron chi connectivity index (χ0n) is 15.7. The molecule has 1 aliphatic heterocycles. The van der Waals surface area contributed by atoms with Crippen LogP contribution in [0, 0.1) is 21.4 Å². The van der Waals surface area contributed by atoms with Gasteiger partial charge in [0.2, 0.25) is 5.88 Å². The van der Waals surface area contributed by atoms with Gasteiger partial charge in [0.1, 0.15) is 17.4 Å². The van der Waals surface area contributed by atoms with Gasteiger partial charge in [-0.15, -0.1) is 0 Å². The Kier molecular flexibility index (Phi) is 5.02. The van der Waals surface area contributed by atoms with Gasteiger partial charge in [0, 0.05) is 24.5 Å². The highest BCUT2D eigenvalue weighted by Crippen LogP contribution is 2.50. The second kappa shape index (κ2) is 7.65. The fraction of sp³-hybridized carbons (Fsp3) is 0.182. The summed E-state index contributed by atoms with van der Waals surface area (Å²) in [6, 6.07) is 15.7. The van der Waals surface area contributed by atoms with Crippen molar-refractivity contribution in [3.8, 4) is 6.07 Å². The topological polar surface area (TPSA) is 119 Å². The van der Waals surface area contributed by atoms with E-state index in [0.717, 1.165) is 5.56 Å². The Balaban J connectivity index is 1.89. The Morgan fingerprint density at radius 3 is 2.57 bits per heavy atom. The molecule has 30 heavy (non-hydrogen) atoms. The minimum Gasteiger partial charge on any atom is -0.444 e. The molecule has 8 heteroatoms. The summed E-state index contributed by atoms with van der Waals surface area (Å²) in [5, 5.41) is 21.4. The molecule has 2 N–H and O–H groups in total. The molecule has 2 aromatic carbocycles. The van der Waals surface area contributed by atoms with E-state index in [1.165, 1.54) is 18.2 Å². The van der Waals surface area contributed by atoms with Gasteiger partial charge in [-0.05, 0) is 17.5 Å². The molecule has 0 fully saturated rings. The van der Waals surface area contributed by atoms with E-state index >= 15 is 0 Å². The zero-order chi connectivity index (χ0) is 21.4. The smallest absolute Gasteiger partial charge is 0.275 e. The van der Waals surface area contributed by atoms with Crippen LogP contribution in [0.1, 0.15) is 35.8 Å². The van der Waals surface area contributed by atoms with Crippen LogP contribution in [0.4, 0.5) is 5.69 Å². The number of allylic oxidation sites excluding steroid dienone is 3. The van der Waals surface area contributed by atoms with E-state index in [1.807, 2.05) is 36.4 Å². The number of ether oxygens (including phenoxy) is 1. The molecular weight excluding hydrogens is 406 g/mol. The lowest BCUT2D eigenvalue weighted by atomic mass is 9.73. The molecule has 2 atom stereocenters. The van der Waals surface area contributed by atoms with Gasteiger partial charge in [-0.3, -0.25) is 14.9 Å². The van der Waals surface area contributed by atoms with Gasteiger partial charge in [0.25, 0.3) is 5.69 Å². The molecule has 7 nitrogen and oxygen atoms in total. The Bertz CT molecular complexity index is 1160. The summed E-state index contributed by atoms with van der Waals surface area (Å²) in [6.45, 7) is 0. The number of nitrogens with two attached hydrogens (primary N) is 1. The first-order valence-corrected chi connectivity index (χ1v) is 9.61. The number of halogens is 1. The number of carbonyl (C=O) groups is 1. The summed E-state index contributed by atoms with van der Waals surface area (Å²) >= 11 is 6.33. The average Bonchev–Trinajstić information content (AvgIpc) is 2.73. The van der Waals surface area contributed by atoms with E-state index in [4.69, 9.17) is 22.1 Å². The van der Waals surface area contributed by atoms with Gasteiger partial charge in [0.15, 0.2) is 5.78 Å². The molecule has 0 saturated carbocycles. The molecule has 0 bridgehead atoms. The molecule has 4 rings (SSSR count). The minimum absolute atomic E-state index is 0.0588. The Morgan fingerprint density at radius 2 is 1.90 bits per heavy atom. The van der Waals surface area contributed by atoms with Crippen molar-refractivity contribution in [1.29, 1.82) is 5.26 Å². The minimum atomic E-state index is -1.04. The number of hydrogen-bond donors (Lipinski definition) is 1. The third-order valence-corrected chi connectivity index (χ3v) is 5.78. The van der Waals surface area contributed by atoms with Crippen LogP contribution in [0.2, 0.25) is 5.02 Å². The van der Waals surface area contributed by atoms with Crippen molar-refractivity contribution in [3.63, 3.8) is 0 Å². The predicted molar refractivity (Wildman–Crippen MR) is 109 cm³/mol. The van der Waals surface area contributed by atoms with E-state index in [-0.39, 0.29) is 51.4 Å². The van der Waals surface area contributed by atoms with Gasteiger partial charge >= 0.3 is 0 Å². The lowest BCUT2D eigenvalue weighted by Gasteiger charge is -2.34. The van der Waals surface area contributed by atoms with Gasteiger partial charge in [0.05, 0.1) is 21.4 Å². The standard InChI is InChI=1S/C22H16ClN3O4/c23-15-7-4-8-16(26(28)29)20(15)19-14(11-24)22(25)30-18-10-13(9-17(27)21(18)19)12-5-2-1-3-6-12/h1-8,13,19H,9-10,25H2/t13-,19+/m0/s1. The number of rotatable bonds is 3. The maximum atomic E-state index is 13.2. The van der Waals surface area contributed by atoms with Gasteiger partial charge in [-0.1, -0.05) is 48.0 Å². The first-order chi connectivity index (χ1) is 14.4. The molecule has 0 aromatic heterocycles. The monoisotopic (exact) mass is 421 g/mol. The third-order valence-electron chi connectivity index (χ3n) is 5.45. The lowest BCUT2D eigenvalue weighted by molar-refractivity contribution is -0.385. The summed E-state index contributed by atoms with van der Waals surface area (Å²) in [7, 11) is 0. The van der Waals surface area contributed by atoms with E-state index in [9.17, 15) is 20.2 Å². The quantitative estimate of drug-likeness (QED) is 0.577. The second-order valence-electron chi connectivity index (χ2n) is 7.13. The summed E-state index contributed by atoms with van der Waals surface area (Å²) in [4.78, 5) is 24.3. The number of nitro groups is 1. The molecule has 1 aliphatic carbocycles. The fourth-order valence-electron chi connectivity index (χ4n) is 4.13. The first kappa shape index (κ1) is 19.7. The molecule has 2 aliphatic rings. The number of benzene rings is 2. The van der Waals surface area contributed by atoms with E-state index in [2.05, 4.69) is 0 Å². The molecular formula is C22H16ClN3O4. The SMILES string of the molecule is N#CC1=C(N)OC2=C(C(=O)C[C@H](c3ccccc3)C2)[C@H]1c1c(Cl)cccc1[N+](=O)[O-]. The number of hydrogen-bond acceptors (Lipinski definition) is 6. The molecule has 0 radical (unpaired) electrons. The van der Waals surface area contributed by atoms with Gasteiger partial charge in [-0.25, -0.2) is 0 Å². The molecule has 150 valence electrons. The normalized spacial score (nSPS) is 21.0. The van der Waals surface area contributed by atoms with Crippen molar-refractivity contribution in [1.82, 2.24) is 0 Å². The molecule has 0 amide bonds. The predicted octanol–water partition coefficient (Wildman–Crippen LogP) is 4.46. The number of nitriles is 1. The van der Waals surface area contributed by atoms with Crippen molar-refractivity contribution in [3.05, 3.63) is 97.6 Å². The fourth-order valence-corrected chi connectivity index (χ4v) is 4.41. The summed E-state index contributed by atoms with van der Waals surface area (Å²) in [6.07, 6.45) is 0.582. The molecule has 1 heterocycles. The Labute approximate surface area is 177 Å². The highest BCUT2D eigenvalue weighted by molar-refractivity contribution is 6.32. The van der Waals surface area contributed by atoms with E-state index in [0.29, 0.717) is 12.2 Å². The van der Waals surface area contributed by atoms with Crippen LogP contribution in [0.5, 0.6) is 0 Å². The lowest BCUT2D eigenvalue weighted by Crippen LogP contribution is -2.30. The third kappa shape index (κ3) is 3.21. The van der Waals surface area contributed by atoms with Gasteiger partial charge in [-0.2, -0.15) is 5.26 Å². The number of nitrogens with zero attached hydrogens (tertiary/aromatic N) is 2. The second-order valence-corrected chi connectivity index (χ2v) is 7.54. The van der Waals surface area contributed by atoms with Crippen LogP contribution < -0.4 is 5.73 Å². The Morgan fingerprint density at radius 1 is 1.17 bits per heavy atom. The van der Waals surface area contributed by atoms with Gasteiger partial charge < -0.3 is 10.5 Å². The maximum absolute atomic E-state index is 13.2. The summed E-state index contributed by atoms with van der Waals surface area (Å²) in [5.74, 6) is -1.25. The molecule has 0 spiro atoms. The average molecular weight is 422 g/mol.